The Hall–Kier alpha value is -1.31. The van der Waals surface area contributed by atoms with Gasteiger partial charge in [-0.3, -0.25) is 4.79 Å². The molecule has 0 aromatic heterocycles. The van der Waals surface area contributed by atoms with Crippen LogP contribution in [0.5, 0.6) is 0 Å². The molecule has 2 nitrogen and oxygen atoms in total. The lowest BCUT2D eigenvalue weighted by atomic mass is 10.1. The number of aliphatic carboxylic acids is 1. The monoisotopic (exact) mass is 163 g/mol. The van der Waals surface area contributed by atoms with Crippen LogP contribution in [0.1, 0.15) is 18.4 Å². The van der Waals surface area contributed by atoms with Gasteiger partial charge in [-0.25, -0.2) is 0 Å². The quantitative estimate of drug-likeness (QED) is 0.736. The van der Waals surface area contributed by atoms with Crippen LogP contribution in [-0.2, 0) is 11.2 Å². The van der Waals surface area contributed by atoms with Gasteiger partial charge in [0, 0.05) is 6.42 Å². The molecule has 0 saturated carbocycles. The highest BCUT2D eigenvalue weighted by molar-refractivity contribution is 5.66. The van der Waals surface area contributed by atoms with Crippen molar-refractivity contribution in [2.24, 2.45) is 0 Å². The average Bonchev–Trinajstić information content (AvgIpc) is 2.05. The van der Waals surface area contributed by atoms with Crippen LogP contribution >= 0.6 is 0 Å². The lowest BCUT2D eigenvalue weighted by molar-refractivity contribution is -0.137. The van der Waals surface area contributed by atoms with Crippen LogP contribution in [0.2, 0.25) is 0 Å². The summed E-state index contributed by atoms with van der Waals surface area (Å²) in [7, 11) is 0. The van der Waals surface area contributed by atoms with Gasteiger partial charge in [0.25, 0.3) is 0 Å². The number of hydrogen-bond donors (Lipinski definition) is 1. The zero-order valence-electron chi connectivity index (χ0n) is 6.79. The number of hydrogen-bond acceptors (Lipinski definition) is 1. The van der Waals surface area contributed by atoms with Crippen molar-refractivity contribution >= 4 is 5.97 Å². The van der Waals surface area contributed by atoms with Crippen molar-refractivity contribution in [2.45, 2.75) is 19.3 Å². The van der Waals surface area contributed by atoms with E-state index in [-0.39, 0.29) is 6.42 Å². The van der Waals surface area contributed by atoms with Crippen molar-refractivity contribution in [1.29, 1.82) is 0 Å². The van der Waals surface area contributed by atoms with Gasteiger partial charge < -0.3 is 5.11 Å². The Labute approximate surface area is 71.8 Å². The molecule has 63 valence electrons. The van der Waals surface area contributed by atoms with E-state index >= 15 is 0 Å². The maximum absolute atomic E-state index is 10.2. The zero-order valence-corrected chi connectivity index (χ0v) is 6.79. The molecule has 0 spiro atoms. The van der Waals surface area contributed by atoms with Crippen LogP contribution < -0.4 is 0 Å². The second-order valence-electron chi connectivity index (χ2n) is 2.66. The summed E-state index contributed by atoms with van der Waals surface area (Å²) in [5, 5.41) is 8.38. The topological polar surface area (TPSA) is 37.3 Å². The first-order valence-electron chi connectivity index (χ1n) is 3.96. The van der Waals surface area contributed by atoms with E-state index in [1.165, 1.54) is 0 Å². The van der Waals surface area contributed by atoms with Crippen molar-refractivity contribution < 1.29 is 9.90 Å². The Bertz CT molecular complexity index is 241. The predicted octanol–water partition coefficient (Wildman–Crippen LogP) is 1.89. The third kappa shape index (κ3) is 3.19. The van der Waals surface area contributed by atoms with Gasteiger partial charge in [-0.15, -0.1) is 0 Å². The number of carbonyl (C=O) groups is 1. The standard InChI is InChI=1S/C10H11O2/c11-10(12)8-4-7-9-5-2-1-3-6-9/h1-2,5-6H,4,7-8H2,(H,11,12). The third-order valence-electron chi connectivity index (χ3n) is 1.63. The Kier molecular flexibility index (Phi) is 3.33. The Morgan fingerprint density at radius 3 is 3.00 bits per heavy atom. The maximum Gasteiger partial charge on any atom is 0.303 e. The van der Waals surface area contributed by atoms with Gasteiger partial charge in [-0.1, -0.05) is 24.3 Å². The summed E-state index contributed by atoms with van der Waals surface area (Å²) in [5.41, 5.74) is 1.15. The fourth-order valence-corrected chi connectivity index (χ4v) is 1.03. The molecular weight excluding hydrogens is 152 g/mol. The zero-order chi connectivity index (χ0) is 8.81. The highest BCUT2D eigenvalue weighted by Crippen LogP contribution is 2.03. The van der Waals surface area contributed by atoms with Crippen LogP contribution in [0.25, 0.3) is 0 Å². The van der Waals surface area contributed by atoms with Gasteiger partial charge in [0.15, 0.2) is 0 Å². The molecule has 0 aliphatic rings. The summed E-state index contributed by atoms with van der Waals surface area (Å²) in [6.07, 6.45) is 1.77. The predicted molar refractivity (Wildman–Crippen MR) is 45.9 cm³/mol. The van der Waals surface area contributed by atoms with Crippen molar-refractivity contribution in [3.63, 3.8) is 0 Å². The highest BCUT2D eigenvalue weighted by Gasteiger charge is 1.96. The van der Waals surface area contributed by atoms with Gasteiger partial charge in [-0.05, 0) is 24.5 Å². The van der Waals surface area contributed by atoms with Crippen molar-refractivity contribution in [3.8, 4) is 0 Å². The number of aryl methyl sites for hydroxylation is 1. The molecule has 0 unspecified atom stereocenters. The summed E-state index contributed by atoms with van der Waals surface area (Å²) in [6.45, 7) is 0. The largest absolute Gasteiger partial charge is 0.481 e. The molecular formula is C10H11O2. The highest BCUT2D eigenvalue weighted by atomic mass is 16.4. The fourth-order valence-electron chi connectivity index (χ4n) is 1.03. The van der Waals surface area contributed by atoms with Gasteiger partial charge in [-0.2, -0.15) is 0 Å². The number of benzene rings is 1. The Morgan fingerprint density at radius 2 is 2.42 bits per heavy atom. The molecule has 0 heterocycles. The van der Waals surface area contributed by atoms with Crippen LogP contribution in [0.4, 0.5) is 0 Å². The second-order valence-corrected chi connectivity index (χ2v) is 2.66. The van der Waals surface area contributed by atoms with Gasteiger partial charge in [0.05, 0.1) is 0 Å². The maximum atomic E-state index is 10.2. The van der Waals surface area contributed by atoms with Crippen molar-refractivity contribution in [1.82, 2.24) is 0 Å². The molecule has 1 aromatic carbocycles. The molecule has 2 heteroatoms. The molecule has 0 amide bonds. The minimum absolute atomic E-state index is 0.245. The fraction of sp³-hybridized carbons (Fsp3) is 0.300. The van der Waals surface area contributed by atoms with Crippen LogP contribution in [0.3, 0.4) is 0 Å². The second kappa shape index (κ2) is 4.54. The minimum Gasteiger partial charge on any atom is -0.481 e. The first kappa shape index (κ1) is 8.78. The first-order valence-corrected chi connectivity index (χ1v) is 3.96. The molecule has 0 saturated heterocycles. The van der Waals surface area contributed by atoms with E-state index in [2.05, 4.69) is 6.07 Å². The third-order valence-corrected chi connectivity index (χ3v) is 1.63. The first-order chi connectivity index (χ1) is 5.79. The molecule has 1 N–H and O–H groups in total. The van der Waals surface area contributed by atoms with Crippen LogP contribution in [0, 0.1) is 6.07 Å². The number of carboxylic acids is 1. The van der Waals surface area contributed by atoms with E-state index < -0.39 is 5.97 Å². The van der Waals surface area contributed by atoms with E-state index in [0.29, 0.717) is 6.42 Å². The molecule has 0 fully saturated rings. The molecule has 0 bridgehead atoms. The summed E-state index contributed by atoms with van der Waals surface area (Å²) in [6, 6.07) is 10.6. The normalized spacial score (nSPS) is 9.67. The van der Waals surface area contributed by atoms with Crippen molar-refractivity contribution in [2.75, 3.05) is 0 Å². The lowest BCUT2D eigenvalue weighted by Gasteiger charge is -1.97. The lowest BCUT2D eigenvalue weighted by Crippen LogP contribution is -1.95. The number of rotatable bonds is 4. The van der Waals surface area contributed by atoms with Gasteiger partial charge in [0.2, 0.25) is 0 Å². The summed E-state index contributed by atoms with van der Waals surface area (Å²) in [4.78, 5) is 10.2. The SMILES string of the molecule is O=C(O)CCCc1c[c]ccc1. The van der Waals surface area contributed by atoms with E-state index in [0.717, 1.165) is 12.0 Å². The average molecular weight is 163 g/mol. The van der Waals surface area contributed by atoms with Gasteiger partial charge in [0.1, 0.15) is 0 Å². The summed E-state index contributed by atoms with van der Waals surface area (Å²) in [5.74, 6) is -0.727. The molecule has 12 heavy (non-hydrogen) atoms. The number of carboxylic acid groups (broad SMARTS) is 1. The molecule has 1 radical (unpaired) electrons. The smallest absolute Gasteiger partial charge is 0.303 e. The van der Waals surface area contributed by atoms with E-state index in [1.54, 1.807) is 0 Å². The Balaban J connectivity index is 2.29. The molecule has 0 aliphatic heterocycles. The summed E-state index contributed by atoms with van der Waals surface area (Å²) < 4.78 is 0. The molecule has 1 rings (SSSR count). The molecule has 1 aromatic rings. The van der Waals surface area contributed by atoms with E-state index in [9.17, 15) is 4.79 Å². The van der Waals surface area contributed by atoms with Crippen molar-refractivity contribution in [3.05, 3.63) is 35.9 Å². The van der Waals surface area contributed by atoms with Crippen LogP contribution in [-0.4, -0.2) is 11.1 Å². The minimum atomic E-state index is -0.727. The molecule has 0 aliphatic carbocycles. The van der Waals surface area contributed by atoms with Crippen LogP contribution in [0.15, 0.2) is 24.3 Å². The van der Waals surface area contributed by atoms with Gasteiger partial charge >= 0.3 is 5.97 Å². The van der Waals surface area contributed by atoms with E-state index in [1.807, 2.05) is 24.3 Å². The van der Waals surface area contributed by atoms with E-state index in [4.69, 9.17) is 5.11 Å². The molecule has 0 atom stereocenters. The summed E-state index contributed by atoms with van der Waals surface area (Å²) >= 11 is 0. The Morgan fingerprint density at radius 1 is 1.58 bits per heavy atom.